The number of nitrogens with one attached hydrogen (secondary N) is 2. The maximum Gasteiger partial charge on any atom is 0.170 e. The van der Waals surface area contributed by atoms with E-state index in [9.17, 15) is 0 Å². The van der Waals surface area contributed by atoms with Gasteiger partial charge in [-0.1, -0.05) is 30.3 Å². The van der Waals surface area contributed by atoms with E-state index < -0.39 is 0 Å². The smallest absolute Gasteiger partial charge is 0.170 e. The molecule has 22 heavy (non-hydrogen) atoms. The maximum absolute atomic E-state index is 8.64. The second kappa shape index (κ2) is 9.08. The third-order valence-corrected chi connectivity index (χ3v) is 4.15. The van der Waals surface area contributed by atoms with Crippen molar-refractivity contribution in [3.05, 3.63) is 60.2 Å². The first-order valence-corrected chi connectivity index (χ1v) is 8.36. The summed E-state index contributed by atoms with van der Waals surface area (Å²) in [6.07, 6.45) is 0.430. The maximum atomic E-state index is 8.64. The van der Waals surface area contributed by atoms with E-state index in [1.54, 1.807) is 11.8 Å². The predicted octanol–water partition coefficient (Wildman–Crippen LogP) is 3.83. The molecule has 0 aliphatic heterocycles. The fourth-order valence-corrected chi connectivity index (χ4v) is 2.83. The van der Waals surface area contributed by atoms with E-state index >= 15 is 0 Å². The van der Waals surface area contributed by atoms with E-state index in [1.807, 2.05) is 42.5 Å². The molecule has 0 spiro atoms. The predicted molar refractivity (Wildman–Crippen MR) is 97.1 cm³/mol. The molecule has 0 radical (unpaired) electrons. The number of rotatable bonds is 6. The van der Waals surface area contributed by atoms with Gasteiger partial charge in [-0.25, -0.2) is 0 Å². The highest BCUT2D eigenvalue weighted by Crippen LogP contribution is 2.15. The Bertz CT molecular complexity index is 633. The fourth-order valence-electron chi connectivity index (χ4n) is 1.82. The molecule has 112 valence electrons. The number of anilines is 1. The zero-order valence-corrected chi connectivity index (χ0v) is 13.7. The Labute approximate surface area is 140 Å². The average Bonchev–Trinajstić information content (AvgIpc) is 2.55. The van der Waals surface area contributed by atoms with Crippen LogP contribution in [0.5, 0.6) is 0 Å². The zero-order chi connectivity index (χ0) is 15.6. The molecule has 2 rings (SSSR count). The van der Waals surface area contributed by atoms with Gasteiger partial charge in [-0.2, -0.15) is 5.26 Å². The SMILES string of the molecule is N#CCc1ccc(NC(=S)NCCSc2ccccc2)cc1. The van der Waals surface area contributed by atoms with Crippen LogP contribution >= 0.6 is 24.0 Å². The fraction of sp³-hybridized carbons (Fsp3) is 0.176. The van der Waals surface area contributed by atoms with Crippen LogP contribution in [-0.2, 0) is 6.42 Å². The van der Waals surface area contributed by atoms with Crippen LogP contribution in [0, 0.1) is 11.3 Å². The van der Waals surface area contributed by atoms with Crippen LogP contribution in [0.2, 0.25) is 0 Å². The second-order valence-electron chi connectivity index (χ2n) is 4.57. The molecule has 2 aromatic rings. The van der Waals surface area contributed by atoms with Crippen molar-refractivity contribution in [2.45, 2.75) is 11.3 Å². The van der Waals surface area contributed by atoms with Crippen LogP contribution in [0.25, 0.3) is 0 Å². The van der Waals surface area contributed by atoms with E-state index in [2.05, 4.69) is 28.8 Å². The molecule has 0 unspecified atom stereocenters. The van der Waals surface area contributed by atoms with Gasteiger partial charge in [0.2, 0.25) is 0 Å². The number of hydrogen-bond acceptors (Lipinski definition) is 3. The number of thiocarbonyl (C=S) groups is 1. The number of hydrogen-bond donors (Lipinski definition) is 2. The van der Waals surface area contributed by atoms with Crippen LogP contribution in [0.3, 0.4) is 0 Å². The Morgan fingerprint density at radius 3 is 2.50 bits per heavy atom. The number of nitriles is 1. The van der Waals surface area contributed by atoms with Gasteiger partial charge in [0, 0.05) is 22.9 Å². The first-order valence-electron chi connectivity index (χ1n) is 6.96. The summed E-state index contributed by atoms with van der Waals surface area (Å²) in [5.74, 6) is 0.951. The number of thioether (sulfide) groups is 1. The quantitative estimate of drug-likeness (QED) is 0.480. The van der Waals surface area contributed by atoms with E-state index in [0.29, 0.717) is 11.5 Å². The summed E-state index contributed by atoms with van der Waals surface area (Å²) >= 11 is 7.06. The van der Waals surface area contributed by atoms with Crippen molar-refractivity contribution in [2.75, 3.05) is 17.6 Å². The Hall–Kier alpha value is -2.03. The van der Waals surface area contributed by atoms with Gasteiger partial charge in [0.05, 0.1) is 12.5 Å². The zero-order valence-electron chi connectivity index (χ0n) is 12.1. The molecule has 0 amide bonds. The highest BCUT2D eigenvalue weighted by atomic mass is 32.2. The molecule has 3 nitrogen and oxygen atoms in total. The van der Waals surface area contributed by atoms with Gasteiger partial charge in [0.1, 0.15) is 0 Å². The first kappa shape index (κ1) is 16.3. The highest BCUT2D eigenvalue weighted by Gasteiger charge is 1.98. The molecule has 2 aromatic carbocycles. The molecule has 0 aliphatic rings. The summed E-state index contributed by atoms with van der Waals surface area (Å²) in [5.41, 5.74) is 1.93. The lowest BCUT2D eigenvalue weighted by molar-refractivity contribution is 0.990. The Balaban J connectivity index is 1.68. The number of benzene rings is 2. The van der Waals surface area contributed by atoms with E-state index in [4.69, 9.17) is 17.5 Å². The summed E-state index contributed by atoms with van der Waals surface area (Å²) in [6.45, 7) is 0.803. The van der Waals surface area contributed by atoms with Gasteiger partial charge in [-0.15, -0.1) is 11.8 Å². The summed E-state index contributed by atoms with van der Waals surface area (Å²) in [5, 5.41) is 15.6. The minimum absolute atomic E-state index is 0.430. The lowest BCUT2D eigenvalue weighted by atomic mass is 10.1. The summed E-state index contributed by atoms with van der Waals surface area (Å²) in [4.78, 5) is 1.26. The summed E-state index contributed by atoms with van der Waals surface area (Å²) in [7, 11) is 0. The third-order valence-electron chi connectivity index (χ3n) is 2.89. The Morgan fingerprint density at radius 2 is 1.82 bits per heavy atom. The van der Waals surface area contributed by atoms with Crippen LogP contribution in [-0.4, -0.2) is 17.4 Å². The van der Waals surface area contributed by atoms with Crippen molar-refractivity contribution in [2.24, 2.45) is 0 Å². The average molecular weight is 327 g/mol. The molecule has 0 heterocycles. The summed E-state index contributed by atoms with van der Waals surface area (Å²) in [6, 6.07) is 20.1. The van der Waals surface area contributed by atoms with Gasteiger partial charge in [0.15, 0.2) is 5.11 Å². The second-order valence-corrected chi connectivity index (χ2v) is 6.15. The first-order chi connectivity index (χ1) is 10.8. The van der Waals surface area contributed by atoms with Crippen molar-refractivity contribution < 1.29 is 0 Å². The molecule has 0 saturated heterocycles. The molecule has 0 aromatic heterocycles. The minimum Gasteiger partial charge on any atom is -0.362 e. The molecule has 0 fully saturated rings. The largest absolute Gasteiger partial charge is 0.362 e. The topological polar surface area (TPSA) is 47.9 Å². The van der Waals surface area contributed by atoms with Crippen molar-refractivity contribution >= 4 is 34.8 Å². The third kappa shape index (κ3) is 5.76. The van der Waals surface area contributed by atoms with Crippen molar-refractivity contribution in [3.8, 4) is 6.07 Å². The van der Waals surface area contributed by atoms with Crippen molar-refractivity contribution in [1.29, 1.82) is 5.26 Å². The van der Waals surface area contributed by atoms with Crippen molar-refractivity contribution in [1.82, 2.24) is 5.32 Å². The molecule has 2 N–H and O–H groups in total. The molecule has 0 bridgehead atoms. The Kier molecular flexibility index (Phi) is 6.75. The summed E-state index contributed by atoms with van der Waals surface area (Å²) < 4.78 is 0. The van der Waals surface area contributed by atoms with Crippen molar-refractivity contribution in [3.63, 3.8) is 0 Å². The number of nitrogens with zero attached hydrogens (tertiary/aromatic N) is 1. The van der Waals surface area contributed by atoms with Gasteiger partial charge in [-0.3, -0.25) is 0 Å². The van der Waals surface area contributed by atoms with E-state index in [-0.39, 0.29) is 0 Å². The normalized spacial score (nSPS) is 9.77. The molecule has 0 saturated carbocycles. The lowest BCUT2D eigenvalue weighted by Crippen LogP contribution is -2.30. The lowest BCUT2D eigenvalue weighted by Gasteiger charge is -2.10. The van der Waals surface area contributed by atoms with Crippen LogP contribution in [0.15, 0.2) is 59.5 Å². The highest BCUT2D eigenvalue weighted by molar-refractivity contribution is 7.99. The van der Waals surface area contributed by atoms with Gasteiger partial charge in [-0.05, 0) is 42.0 Å². The minimum atomic E-state index is 0.430. The van der Waals surface area contributed by atoms with E-state index in [1.165, 1.54) is 4.90 Å². The molecule has 5 heteroatoms. The van der Waals surface area contributed by atoms with Crippen LogP contribution in [0.1, 0.15) is 5.56 Å². The molecular formula is C17H17N3S2. The Morgan fingerprint density at radius 1 is 1.09 bits per heavy atom. The van der Waals surface area contributed by atoms with Gasteiger partial charge in [0.25, 0.3) is 0 Å². The monoisotopic (exact) mass is 327 g/mol. The standard InChI is InChI=1S/C17H17N3S2/c18-11-10-14-6-8-15(9-7-14)20-17(21)19-12-13-22-16-4-2-1-3-5-16/h1-9H,10,12-13H2,(H2,19,20,21). The molecular weight excluding hydrogens is 310 g/mol. The van der Waals surface area contributed by atoms with Crippen LogP contribution in [0.4, 0.5) is 5.69 Å². The molecule has 0 aliphatic carbocycles. The van der Waals surface area contributed by atoms with E-state index in [0.717, 1.165) is 23.5 Å². The van der Waals surface area contributed by atoms with Crippen LogP contribution < -0.4 is 10.6 Å². The van der Waals surface area contributed by atoms with Gasteiger partial charge < -0.3 is 10.6 Å². The van der Waals surface area contributed by atoms with Gasteiger partial charge >= 0.3 is 0 Å². The molecule has 0 atom stereocenters.